The second-order valence-electron chi connectivity index (χ2n) is 3.32. The summed E-state index contributed by atoms with van der Waals surface area (Å²) in [5.74, 6) is 0. The van der Waals surface area contributed by atoms with E-state index in [1.165, 1.54) is 11.1 Å². The van der Waals surface area contributed by atoms with E-state index in [-0.39, 0.29) is 0 Å². The normalized spacial score (nSPS) is 12.3. The molecule has 62 valence electrons. The lowest BCUT2D eigenvalue weighted by molar-refractivity contribution is 1.71. The van der Waals surface area contributed by atoms with Crippen LogP contribution in [0.25, 0.3) is 11.1 Å². The van der Waals surface area contributed by atoms with Crippen LogP contribution in [0.5, 0.6) is 0 Å². The molecule has 0 saturated heterocycles. The van der Waals surface area contributed by atoms with E-state index in [2.05, 4.69) is 48.5 Å². The molecule has 0 fully saturated rings. The van der Waals surface area contributed by atoms with Crippen molar-refractivity contribution in [2.24, 2.45) is 0 Å². The summed E-state index contributed by atoms with van der Waals surface area (Å²) < 4.78 is 0. The molecule has 0 N–H and O–H groups in total. The number of rotatable bonds is 0. The molecule has 1 aliphatic heterocycles. The molecule has 0 amide bonds. The number of hydrogen-bond acceptors (Lipinski definition) is 0. The van der Waals surface area contributed by atoms with Gasteiger partial charge in [-0.25, -0.2) is 0 Å². The van der Waals surface area contributed by atoms with Crippen molar-refractivity contribution in [3.8, 4) is 11.1 Å². The molecule has 2 aromatic carbocycles. The maximum atomic E-state index is 2.25. The van der Waals surface area contributed by atoms with Gasteiger partial charge in [-0.15, -0.1) is 0 Å². The summed E-state index contributed by atoms with van der Waals surface area (Å²) >= 11 is 0. The Hall–Kier alpha value is -1.13. The summed E-state index contributed by atoms with van der Waals surface area (Å²) in [6.07, 6.45) is 0. The van der Waals surface area contributed by atoms with Gasteiger partial charge in [0.2, 0.25) is 0 Å². The highest BCUT2D eigenvalue weighted by Gasteiger charge is 2.22. The van der Waals surface area contributed by atoms with Crippen LogP contribution in [0.1, 0.15) is 0 Å². The van der Waals surface area contributed by atoms with Gasteiger partial charge in [0.05, 0.1) is 8.58 Å². The smallest absolute Gasteiger partial charge is 0.0614 e. The van der Waals surface area contributed by atoms with E-state index in [1.807, 2.05) is 0 Å². The molecule has 0 spiro atoms. The minimum Gasteiger partial charge on any atom is -0.0614 e. The van der Waals surface area contributed by atoms with E-state index in [9.17, 15) is 0 Å². The second-order valence-corrected chi connectivity index (χ2v) is 4.85. The van der Waals surface area contributed by atoms with Crippen molar-refractivity contribution in [3.05, 3.63) is 48.5 Å². The van der Waals surface area contributed by atoms with Crippen LogP contribution in [0.4, 0.5) is 0 Å². The third kappa shape index (κ3) is 1.03. The third-order valence-electron chi connectivity index (χ3n) is 2.52. The summed E-state index contributed by atoms with van der Waals surface area (Å²) in [5, 5.41) is 3.09. The lowest BCUT2D eigenvalue weighted by Gasteiger charge is -1.93. The molecule has 0 saturated carbocycles. The van der Waals surface area contributed by atoms with Gasteiger partial charge >= 0.3 is 0 Å². The number of fused-ring (bicyclic) bond motifs is 3. The van der Waals surface area contributed by atoms with Crippen molar-refractivity contribution in [2.45, 2.75) is 0 Å². The van der Waals surface area contributed by atoms with Crippen LogP contribution >= 0.6 is 8.58 Å². The largest absolute Gasteiger partial charge is 0.102 e. The summed E-state index contributed by atoms with van der Waals surface area (Å²) in [7, 11) is 0.345. The van der Waals surface area contributed by atoms with Crippen LogP contribution in [0.15, 0.2) is 48.5 Å². The topological polar surface area (TPSA) is 0 Å². The van der Waals surface area contributed by atoms with Crippen LogP contribution in [0, 0.1) is 0 Å². The molecule has 0 atom stereocenters. The summed E-state index contributed by atoms with van der Waals surface area (Å²) in [5.41, 5.74) is 2.90. The van der Waals surface area contributed by atoms with Gasteiger partial charge in [-0.05, 0) is 12.1 Å². The van der Waals surface area contributed by atoms with Gasteiger partial charge in [-0.2, -0.15) is 0 Å². The van der Waals surface area contributed by atoms with Gasteiger partial charge < -0.3 is 0 Å². The molecule has 0 nitrogen and oxygen atoms in total. The fourth-order valence-electron chi connectivity index (χ4n) is 1.90. The first-order chi connectivity index (χ1) is 6.45. The van der Waals surface area contributed by atoms with Gasteiger partial charge in [-0.1, -0.05) is 36.4 Å². The van der Waals surface area contributed by atoms with Gasteiger partial charge in [0.25, 0.3) is 0 Å². The standard InChI is InChI=1S/C12H9P/c1-3-7-11-9(5-1)10-6-2-4-8-12(10)13-11/h1-8,13H/p+1. The molecule has 0 radical (unpaired) electrons. The minimum absolute atomic E-state index is 0.345. The highest BCUT2D eigenvalue weighted by Crippen LogP contribution is 2.31. The first-order valence-corrected chi connectivity index (χ1v) is 5.64. The SMILES string of the molecule is c1ccc2c(c1)[PH2+]c1ccccc1-2. The molecular formula is C12H10P+. The quantitative estimate of drug-likeness (QED) is 0.470. The Morgan fingerprint density at radius 1 is 0.615 bits per heavy atom. The molecule has 0 bridgehead atoms. The molecule has 2 aromatic rings. The lowest BCUT2D eigenvalue weighted by Crippen LogP contribution is -1.92. The first-order valence-electron chi connectivity index (χ1n) is 4.48. The Morgan fingerprint density at radius 3 is 1.62 bits per heavy atom. The molecule has 13 heavy (non-hydrogen) atoms. The molecular weight excluding hydrogens is 175 g/mol. The molecule has 0 unspecified atom stereocenters. The van der Waals surface area contributed by atoms with Gasteiger partial charge in [0.1, 0.15) is 10.6 Å². The predicted molar refractivity (Wildman–Crippen MR) is 60.9 cm³/mol. The van der Waals surface area contributed by atoms with Crippen molar-refractivity contribution in [1.82, 2.24) is 0 Å². The van der Waals surface area contributed by atoms with E-state index in [1.54, 1.807) is 10.6 Å². The Balaban J connectivity index is 2.32. The van der Waals surface area contributed by atoms with Gasteiger partial charge in [0, 0.05) is 11.1 Å². The monoisotopic (exact) mass is 185 g/mol. The average molecular weight is 185 g/mol. The molecule has 0 aliphatic carbocycles. The fraction of sp³-hybridized carbons (Fsp3) is 0. The number of benzene rings is 2. The van der Waals surface area contributed by atoms with Gasteiger partial charge in [-0.3, -0.25) is 0 Å². The average Bonchev–Trinajstić information content (AvgIpc) is 2.56. The zero-order valence-corrected chi connectivity index (χ0v) is 8.35. The maximum Gasteiger partial charge on any atom is 0.102 e. The summed E-state index contributed by atoms with van der Waals surface area (Å²) in [4.78, 5) is 0. The molecule has 0 aromatic heterocycles. The Bertz CT molecular complexity index is 417. The lowest BCUT2D eigenvalue weighted by atomic mass is 10.1. The first kappa shape index (κ1) is 7.29. The van der Waals surface area contributed by atoms with Crippen molar-refractivity contribution < 1.29 is 0 Å². The molecule has 3 rings (SSSR count). The molecule has 1 heteroatoms. The third-order valence-corrected chi connectivity index (χ3v) is 4.15. The van der Waals surface area contributed by atoms with E-state index < -0.39 is 0 Å². The van der Waals surface area contributed by atoms with Crippen LogP contribution < -0.4 is 10.6 Å². The van der Waals surface area contributed by atoms with Crippen molar-refractivity contribution >= 4 is 19.2 Å². The highest BCUT2D eigenvalue weighted by atomic mass is 31.1. The van der Waals surface area contributed by atoms with Crippen LogP contribution in [-0.4, -0.2) is 0 Å². The Kier molecular flexibility index (Phi) is 1.50. The highest BCUT2D eigenvalue weighted by molar-refractivity contribution is 7.57. The van der Waals surface area contributed by atoms with Crippen molar-refractivity contribution in [3.63, 3.8) is 0 Å². The fourth-order valence-corrected chi connectivity index (χ4v) is 3.47. The molecule has 1 aliphatic rings. The zero-order valence-electron chi connectivity index (χ0n) is 7.20. The van der Waals surface area contributed by atoms with Crippen LogP contribution in [-0.2, 0) is 0 Å². The van der Waals surface area contributed by atoms with E-state index in [0.29, 0.717) is 8.58 Å². The predicted octanol–water partition coefficient (Wildman–Crippen LogP) is 2.03. The van der Waals surface area contributed by atoms with Crippen LogP contribution in [0.3, 0.4) is 0 Å². The van der Waals surface area contributed by atoms with Crippen molar-refractivity contribution in [2.75, 3.05) is 0 Å². The summed E-state index contributed by atoms with van der Waals surface area (Å²) in [6.45, 7) is 0. The number of hydrogen-bond donors (Lipinski definition) is 0. The molecule has 1 heterocycles. The summed E-state index contributed by atoms with van der Waals surface area (Å²) in [6, 6.07) is 17.5. The van der Waals surface area contributed by atoms with Crippen molar-refractivity contribution in [1.29, 1.82) is 0 Å². The van der Waals surface area contributed by atoms with E-state index >= 15 is 0 Å². The van der Waals surface area contributed by atoms with E-state index in [4.69, 9.17) is 0 Å². The van der Waals surface area contributed by atoms with E-state index in [0.717, 1.165) is 0 Å². The Morgan fingerprint density at radius 2 is 1.08 bits per heavy atom. The van der Waals surface area contributed by atoms with Crippen LogP contribution in [0.2, 0.25) is 0 Å². The minimum atomic E-state index is 0.345. The maximum absolute atomic E-state index is 2.25. The zero-order chi connectivity index (χ0) is 8.67. The second kappa shape index (κ2) is 2.68. The van der Waals surface area contributed by atoms with Gasteiger partial charge in [0.15, 0.2) is 0 Å². The Labute approximate surface area is 79.4 Å².